The van der Waals surface area contributed by atoms with Gasteiger partial charge >= 0.3 is 6.09 Å². The number of hydrogen-bond acceptors (Lipinski definition) is 6. The van der Waals surface area contributed by atoms with Gasteiger partial charge in [0.05, 0.1) is 13.2 Å². The maximum absolute atomic E-state index is 12.7. The van der Waals surface area contributed by atoms with Gasteiger partial charge in [0, 0.05) is 38.0 Å². The summed E-state index contributed by atoms with van der Waals surface area (Å²) in [6.45, 7) is 1.97. The fourth-order valence-electron chi connectivity index (χ4n) is 5.09. The van der Waals surface area contributed by atoms with Crippen molar-refractivity contribution in [3.63, 3.8) is 0 Å². The lowest BCUT2D eigenvalue weighted by molar-refractivity contribution is -0.193. The first-order chi connectivity index (χ1) is 15.1. The van der Waals surface area contributed by atoms with Crippen LogP contribution in [-0.2, 0) is 25.6 Å². The van der Waals surface area contributed by atoms with Gasteiger partial charge in [-0.2, -0.15) is 0 Å². The molecule has 0 radical (unpaired) electrons. The van der Waals surface area contributed by atoms with E-state index >= 15 is 0 Å². The molecule has 8 heteroatoms. The highest BCUT2D eigenvalue weighted by Crippen LogP contribution is 2.39. The number of aliphatic hydroxyl groups excluding tert-OH is 1. The topological polar surface area (TPSA) is 88.5 Å². The highest BCUT2D eigenvalue weighted by atomic mass is 16.7. The molecule has 4 rings (SSSR count). The van der Waals surface area contributed by atoms with Gasteiger partial charge in [0.1, 0.15) is 13.2 Å². The van der Waals surface area contributed by atoms with Crippen LogP contribution in [0.3, 0.4) is 0 Å². The van der Waals surface area contributed by atoms with Crippen molar-refractivity contribution in [1.29, 1.82) is 0 Å². The van der Waals surface area contributed by atoms with Gasteiger partial charge in [0.25, 0.3) is 0 Å². The Balaban J connectivity index is 1.33. The highest BCUT2D eigenvalue weighted by molar-refractivity contribution is 5.78. The second-order valence-corrected chi connectivity index (χ2v) is 8.58. The number of carbonyl (C=O) groups excluding carboxylic acids is 2. The van der Waals surface area contributed by atoms with Gasteiger partial charge < -0.3 is 29.1 Å². The molecule has 1 spiro atoms. The summed E-state index contributed by atoms with van der Waals surface area (Å²) in [7, 11) is 0. The maximum atomic E-state index is 12.7. The zero-order valence-corrected chi connectivity index (χ0v) is 17.9. The van der Waals surface area contributed by atoms with Crippen LogP contribution >= 0.6 is 0 Å². The number of rotatable bonds is 5. The Morgan fingerprint density at radius 3 is 2.48 bits per heavy atom. The van der Waals surface area contributed by atoms with E-state index in [1.807, 2.05) is 35.2 Å². The van der Waals surface area contributed by atoms with Crippen LogP contribution < -0.4 is 0 Å². The molecule has 2 amide bonds. The predicted octanol–water partition coefficient (Wildman–Crippen LogP) is 2.29. The number of nitrogens with zero attached hydrogens (tertiary/aromatic N) is 2. The van der Waals surface area contributed by atoms with E-state index in [2.05, 4.69) is 0 Å². The molecule has 2 aliphatic heterocycles. The maximum Gasteiger partial charge on any atom is 0.410 e. The molecule has 1 aromatic rings. The van der Waals surface area contributed by atoms with Crippen LogP contribution in [0.4, 0.5) is 4.79 Å². The van der Waals surface area contributed by atoms with E-state index in [1.54, 1.807) is 4.90 Å². The lowest BCUT2D eigenvalue weighted by Crippen LogP contribution is -2.56. The van der Waals surface area contributed by atoms with Gasteiger partial charge in [-0.05, 0) is 31.2 Å². The van der Waals surface area contributed by atoms with Crippen LogP contribution in [0.1, 0.15) is 44.1 Å². The first-order valence-electron chi connectivity index (χ1n) is 11.3. The summed E-state index contributed by atoms with van der Waals surface area (Å²) in [4.78, 5) is 28.7. The molecule has 0 bridgehead atoms. The molecule has 1 N–H and O–H groups in total. The zero-order chi connectivity index (χ0) is 21.7. The summed E-state index contributed by atoms with van der Waals surface area (Å²) >= 11 is 0. The molecule has 31 heavy (non-hydrogen) atoms. The van der Waals surface area contributed by atoms with Crippen LogP contribution in [0.15, 0.2) is 30.3 Å². The zero-order valence-electron chi connectivity index (χ0n) is 17.9. The second kappa shape index (κ2) is 9.97. The minimum absolute atomic E-state index is 0.0145. The Bertz CT molecular complexity index is 744. The average molecular weight is 433 g/mol. The molecule has 1 saturated carbocycles. The van der Waals surface area contributed by atoms with Crippen molar-refractivity contribution in [3.05, 3.63) is 35.9 Å². The van der Waals surface area contributed by atoms with E-state index in [0.717, 1.165) is 24.8 Å². The first-order valence-corrected chi connectivity index (χ1v) is 11.3. The molecule has 1 aromatic carbocycles. The molecular weight excluding hydrogens is 400 g/mol. The van der Waals surface area contributed by atoms with Crippen LogP contribution in [0.2, 0.25) is 0 Å². The van der Waals surface area contributed by atoms with E-state index in [1.165, 1.54) is 0 Å². The molecule has 3 aliphatic rings. The van der Waals surface area contributed by atoms with Crippen LogP contribution in [0, 0.1) is 0 Å². The Morgan fingerprint density at radius 1 is 1.10 bits per heavy atom. The van der Waals surface area contributed by atoms with Crippen molar-refractivity contribution in [2.45, 2.75) is 63.0 Å². The molecule has 2 heterocycles. The summed E-state index contributed by atoms with van der Waals surface area (Å²) in [5.74, 6) is -0.844. The van der Waals surface area contributed by atoms with Gasteiger partial charge in [0.15, 0.2) is 5.79 Å². The number of ether oxygens (including phenoxy) is 3. The number of hydrogen-bond donors (Lipinski definition) is 1. The third kappa shape index (κ3) is 5.19. The largest absolute Gasteiger partial charge is 0.445 e. The fraction of sp³-hybridized carbons (Fsp3) is 0.652. The van der Waals surface area contributed by atoms with Gasteiger partial charge in [0.2, 0.25) is 5.91 Å². The summed E-state index contributed by atoms with van der Waals surface area (Å²) in [5.41, 5.74) is 0.952. The SMILES string of the molecule is O=C(OCc1ccccc1)N1CCC(N(C(=O)CO)[C@@H]2CCCC3(C2)OCCO3)CC1. The molecule has 1 aliphatic carbocycles. The number of carbonyl (C=O) groups is 2. The lowest BCUT2D eigenvalue weighted by Gasteiger charge is -2.46. The van der Waals surface area contributed by atoms with Crippen molar-refractivity contribution in [2.24, 2.45) is 0 Å². The van der Waals surface area contributed by atoms with Gasteiger partial charge in [-0.25, -0.2) is 4.79 Å². The first kappa shape index (κ1) is 22.0. The summed E-state index contributed by atoms with van der Waals surface area (Å²) in [6.07, 6.45) is 4.28. The Labute approximate surface area is 183 Å². The summed E-state index contributed by atoms with van der Waals surface area (Å²) in [5, 5.41) is 9.60. The molecule has 0 unspecified atom stereocenters. The number of benzene rings is 1. The normalized spacial score (nSPS) is 23.6. The lowest BCUT2D eigenvalue weighted by atomic mass is 9.87. The number of likely N-dealkylation sites (tertiary alicyclic amines) is 1. The second-order valence-electron chi connectivity index (χ2n) is 8.58. The Hall–Kier alpha value is -2.16. The van der Waals surface area contributed by atoms with Crippen LogP contribution in [-0.4, -0.2) is 77.7 Å². The molecule has 3 fully saturated rings. The molecular formula is C23H32N2O6. The van der Waals surface area contributed by atoms with Crippen molar-refractivity contribution in [2.75, 3.05) is 32.9 Å². The molecule has 2 saturated heterocycles. The third-order valence-electron chi connectivity index (χ3n) is 6.59. The Kier molecular flexibility index (Phi) is 7.09. The molecule has 0 aromatic heterocycles. The predicted molar refractivity (Wildman–Crippen MR) is 112 cm³/mol. The minimum Gasteiger partial charge on any atom is -0.445 e. The van der Waals surface area contributed by atoms with E-state index in [9.17, 15) is 14.7 Å². The van der Waals surface area contributed by atoms with Gasteiger partial charge in [-0.15, -0.1) is 0 Å². The van der Waals surface area contributed by atoms with Gasteiger partial charge in [-0.3, -0.25) is 4.79 Å². The number of piperidine rings is 1. The quantitative estimate of drug-likeness (QED) is 0.768. The van der Waals surface area contributed by atoms with E-state index < -0.39 is 12.4 Å². The van der Waals surface area contributed by atoms with E-state index in [0.29, 0.717) is 45.6 Å². The average Bonchev–Trinajstić information content (AvgIpc) is 3.26. The smallest absolute Gasteiger partial charge is 0.410 e. The third-order valence-corrected chi connectivity index (χ3v) is 6.59. The monoisotopic (exact) mass is 432 g/mol. The number of amides is 2. The summed E-state index contributed by atoms with van der Waals surface area (Å²) in [6, 6.07) is 9.57. The minimum atomic E-state index is -0.584. The van der Waals surface area contributed by atoms with Crippen molar-refractivity contribution in [3.8, 4) is 0 Å². The molecule has 8 nitrogen and oxygen atoms in total. The van der Waals surface area contributed by atoms with Crippen molar-refractivity contribution in [1.82, 2.24) is 9.80 Å². The molecule has 170 valence electrons. The van der Waals surface area contributed by atoms with E-state index in [-0.39, 0.29) is 30.7 Å². The standard InChI is InChI=1S/C23H32N2O6/c26-16-21(27)25(20-7-4-10-23(15-20)30-13-14-31-23)19-8-11-24(12-9-19)22(28)29-17-18-5-2-1-3-6-18/h1-3,5-6,19-20,26H,4,7-17H2/t20-/m1/s1. The fourth-order valence-corrected chi connectivity index (χ4v) is 5.09. The Morgan fingerprint density at radius 2 is 1.81 bits per heavy atom. The number of aliphatic hydroxyl groups is 1. The van der Waals surface area contributed by atoms with E-state index in [4.69, 9.17) is 14.2 Å². The van der Waals surface area contributed by atoms with Crippen LogP contribution in [0.25, 0.3) is 0 Å². The molecule has 1 atom stereocenters. The highest BCUT2D eigenvalue weighted by Gasteiger charge is 2.45. The van der Waals surface area contributed by atoms with Crippen molar-refractivity contribution < 1.29 is 28.9 Å². The van der Waals surface area contributed by atoms with Gasteiger partial charge in [-0.1, -0.05) is 30.3 Å². The van der Waals surface area contributed by atoms with Crippen molar-refractivity contribution >= 4 is 12.0 Å². The van der Waals surface area contributed by atoms with Crippen LogP contribution in [0.5, 0.6) is 0 Å². The summed E-state index contributed by atoms with van der Waals surface area (Å²) < 4.78 is 17.2.